The van der Waals surface area contributed by atoms with E-state index in [1.54, 1.807) is 0 Å². The number of rotatable bonds is 2. The molecule has 1 radical (unpaired) electrons. The molecule has 0 amide bonds. The van der Waals surface area contributed by atoms with Gasteiger partial charge in [-0.2, -0.15) is 0 Å². The van der Waals surface area contributed by atoms with Crippen molar-refractivity contribution < 1.29 is 45.6 Å². The molecule has 1 aromatic rings. The van der Waals surface area contributed by atoms with Crippen molar-refractivity contribution in [3.63, 3.8) is 0 Å². The van der Waals surface area contributed by atoms with Crippen LogP contribution in [0, 0.1) is 0 Å². The molecule has 0 aromatic heterocycles. The Bertz CT molecular complexity index is 284. The minimum Gasteiger partial charge on any atom is -0.478 e. The molecule has 0 saturated carbocycles. The molecule has 13 heavy (non-hydrogen) atoms. The van der Waals surface area contributed by atoms with Crippen molar-refractivity contribution in [2.24, 2.45) is 0 Å². The Morgan fingerprint density at radius 3 is 1.23 bits per heavy atom. The van der Waals surface area contributed by atoms with Crippen LogP contribution >= 0.6 is 0 Å². The molecule has 1 rings (SSSR count). The second-order valence-corrected chi connectivity index (χ2v) is 2.19. The third kappa shape index (κ3) is 3.10. The van der Waals surface area contributed by atoms with E-state index in [-0.39, 0.29) is 37.0 Å². The number of aromatic carboxylic acids is 2. The topological polar surface area (TPSA) is 74.6 Å². The Morgan fingerprint density at radius 2 is 1.08 bits per heavy atom. The first-order valence-corrected chi connectivity index (χ1v) is 3.18. The predicted octanol–water partition coefficient (Wildman–Crippen LogP) is 1.08. The van der Waals surface area contributed by atoms with Gasteiger partial charge in [0.05, 0.1) is 11.1 Å². The summed E-state index contributed by atoms with van der Waals surface area (Å²) in [7, 11) is 0. The predicted molar refractivity (Wildman–Crippen MR) is 40.4 cm³/mol. The van der Waals surface area contributed by atoms with Crippen molar-refractivity contribution in [3.05, 3.63) is 35.4 Å². The van der Waals surface area contributed by atoms with Gasteiger partial charge in [-0.1, -0.05) is 0 Å². The zero-order valence-corrected chi connectivity index (χ0v) is 8.40. The van der Waals surface area contributed by atoms with Crippen LogP contribution in [-0.2, 0) is 25.8 Å². The molecule has 65 valence electrons. The molecule has 0 heterocycles. The van der Waals surface area contributed by atoms with Crippen LogP contribution < -0.4 is 0 Å². The van der Waals surface area contributed by atoms with Crippen molar-refractivity contribution >= 4 is 11.9 Å². The Morgan fingerprint density at radius 1 is 0.846 bits per heavy atom. The number of carboxylic acids is 2. The van der Waals surface area contributed by atoms with Crippen LogP contribution in [0.1, 0.15) is 20.7 Å². The average molecular weight is 211 g/mol. The number of carboxylic acid groups (broad SMARTS) is 2. The normalized spacial score (nSPS) is 8.62. The van der Waals surface area contributed by atoms with E-state index in [2.05, 4.69) is 0 Å². The minimum atomic E-state index is -1.06. The van der Waals surface area contributed by atoms with Gasteiger partial charge >= 0.3 is 11.9 Å². The Kier molecular flexibility index (Phi) is 4.55. The van der Waals surface area contributed by atoms with Gasteiger partial charge in [-0.15, -0.1) is 0 Å². The largest absolute Gasteiger partial charge is 0.478 e. The number of benzene rings is 1. The van der Waals surface area contributed by atoms with Crippen LogP contribution in [0.5, 0.6) is 0 Å². The fourth-order valence-electron chi connectivity index (χ4n) is 0.755. The molecule has 1 aromatic carbocycles. The van der Waals surface area contributed by atoms with Gasteiger partial charge in [-0.25, -0.2) is 9.59 Å². The van der Waals surface area contributed by atoms with Crippen molar-refractivity contribution in [3.8, 4) is 0 Å². The van der Waals surface area contributed by atoms with Crippen LogP contribution in [0.3, 0.4) is 0 Å². The molecule has 0 unspecified atom stereocenters. The smallest absolute Gasteiger partial charge is 0.335 e. The molecule has 0 bridgehead atoms. The molecule has 5 heteroatoms. The Hall–Kier alpha value is -0.970. The fraction of sp³-hybridized carbons (Fsp3) is 0. The third-order valence-electron chi connectivity index (χ3n) is 1.38. The molecule has 0 aliphatic carbocycles. The second kappa shape index (κ2) is 4.91. The van der Waals surface area contributed by atoms with E-state index in [4.69, 9.17) is 10.2 Å². The second-order valence-electron chi connectivity index (χ2n) is 2.19. The van der Waals surface area contributed by atoms with Crippen molar-refractivity contribution in [2.75, 3.05) is 0 Å². The summed E-state index contributed by atoms with van der Waals surface area (Å²) >= 11 is 0. The molecule has 2 N–H and O–H groups in total. The zero-order chi connectivity index (χ0) is 9.14. The van der Waals surface area contributed by atoms with Gasteiger partial charge in [0, 0.05) is 25.8 Å². The van der Waals surface area contributed by atoms with Crippen LogP contribution in [0.2, 0.25) is 0 Å². The van der Waals surface area contributed by atoms with E-state index in [1.807, 2.05) is 0 Å². The third-order valence-corrected chi connectivity index (χ3v) is 1.38. The SMILES string of the molecule is O=C(O)c1ccc(C(=O)O)cc1.[Sc]. The van der Waals surface area contributed by atoms with E-state index in [0.29, 0.717) is 0 Å². The van der Waals surface area contributed by atoms with Gasteiger partial charge in [0.15, 0.2) is 0 Å². The molecular weight excluding hydrogens is 205 g/mol. The molecular formula is C8H6O4Sc. The van der Waals surface area contributed by atoms with Crippen LogP contribution in [0.25, 0.3) is 0 Å². The maximum atomic E-state index is 10.3. The number of hydrogen-bond acceptors (Lipinski definition) is 2. The van der Waals surface area contributed by atoms with Gasteiger partial charge in [0.2, 0.25) is 0 Å². The number of hydrogen-bond donors (Lipinski definition) is 2. The first-order valence-electron chi connectivity index (χ1n) is 3.18. The van der Waals surface area contributed by atoms with Gasteiger partial charge in [0.25, 0.3) is 0 Å². The maximum absolute atomic E-state index is 10.3. The van der Waals surface area contributed by atoms with Gasteiger partial charge in [-0.05, 0) is 24.3 Å². The molecule has 0 atom stereocenters. The molecule has 0 aliphatic rings. The van der Waals surface area contributed by atoms with E-state index in [1.165, 1.54) is 24.3 Å². The fourth-order valence-corrected chi connectivity index (χ4v) is 0.755. The monoisotopic (exact) mass is 211 g/mol. The summed E-state index contributed by atoms with van der Waals surface area (Å²) in [5, 5.41) is 16.9. The molecule has 0 spiro atoms. The average Bonchev–Trinajstić information content (AvgIpc) is 2.04. The first-order chi connectivity index (χ1) is 5.61. The zero-order valence-electron chi connectivity index (χ0n) is 6.60. The summed E-state index contributed by atoms with van der Waals surface area (Å²) in [6.07, 6.45) is 0. The van der Waals surface area contributed by atoms with Gasteiger partial charge in [-0.3, -0.25) is 0 Å². The van der Waals surface area contributed by atoms with Gasteiger partial charge in [0.1, 0.15) is 0 Å². The van der Waals surface area contributed by atoms with Crippen LogP contribution in [0.4, 0.5) is 0 Å². The van der Waals surface area contributed by atoms with Crippen molar-refractivity contribution in [2.45, 2.75) is 0 Å². The van der Waals surface area contributed by atoms with Crippen LogP contribution in [-0.4, -0.2) is 22.2 Å². The van der Waals surface area contributed by atoms with E-state index >= 15 is 0 Å². The first kappa shape index (κ1) is 12.0. The number of carbonyl (C=O) groups is 2. The summed E-state index contributed by atoms with van der Waals surface area (Å²) in [4.78, 5) is 20.7. The molecule has 0 saturated heterocycles. The van der Waals surface area contributed by atoms with E-state index in [0.717, 1.165) is 0 Å². The summed E-state index contributed by atoms with van der Waals surface area (Å²) in [6, 6.07) is 5.02. The minimum absolute atomic E-state index is 0. The van der Waals surface area contributed by atoms with E-state index < -0.39 is 11.9 Å². The summed E-state index contributed by atoms with van der Waals surface area (Å²) in [5.74, 6) is -2.13. The molecule has 0 fully saturated rings. The summed E-state index contributed by atoms with van der Waals surface area (Å²) in [6.45, 7) is 0. The Balaban J connectivity index is 0.00000144. The summed E-state index contributed by atoms with van der Waals surface area (Å²) < 4.78 is 0. The molecule has 4 nitrogen and oxygen atoms in total. The van der Waals surface area contributed by atoms with E-state index in [9.17, 15) is 9.59 Å². The van der Waals surface area contributed by atoms with Crippen molar-refractivity contribution in [1.82, 2.24) is 0 Å². The Labute approximate surface area is 93.0 Å². The molecule has 0 aliphatic heterocycles. The van der Waals surface area contributed by atoms with Crippen LogP contribution in [0.15, 0.2) is 24.3 Å². The van der Waals surface area contributed by atoms with Crippen molar-refractivity contribution in [1.29, 1.82) is 0 Å². The van der Waals surface area contributed by atoms with Gasteiger partial charge < -0.3 is 10.2 Å². The maximum Gasteiger partial charge on any atom is 0.335 e. The standard InChI is InChI=1S/C8H6O4.Sc/c9-7(10)5-1-2-6(4-3-5)8(11)12;/h1-4H,(H,9,10)(H,11,12);. The quantitative estimate of drug-likeness (QED) is 0.767. The summed E-state index contributed by atoms with van der Waals surface area (Å²) in [5.41, 5.74) is 0.167.